The van der Waals surface area contributed by atoms with E-state index in [2.05, 4.69) is 5.32 Å². The first kappa shape index (κ1) is 21.6. The fourth-order valence-corrected chi connectivity index (χ4v) is 5.02. The second kappa shape index (κ2) is 8.59. The number of para-hydroxylation sites is 2. The van der Waals surface area contributed by atoms with Gasteiger partial charge in [-0.3, -0.25) is 24.6 Å². The largest absolute Gasteiger partial charge is 0.357 e. The standard InChI is InChI=1S/C27H23N3O4/c1-17(31)29-24-13-6-5-12-22(24)28-23-15-20(18-8-3-2-4-9-18)16-25(32)26(23)27(29)19-10-7-11-21(14-19)30(33)34/h2-14,20,27-28H,15-16H2,1H3/t20-,27+/m0/s1. The number of nitrogens with zero attached hydrogens (tertiary/aromatic N) is 2. The first-order chi connectivity index (χ1) is 16.4. The van der Waals surface area contributed by atoms with Crippen molar-refractivity contribution in [3.05, 3.63) is 111 Å². The van der Waals surface area contributed by atoms with Crippen LogP contribution in [0.3, 0.4) is 0 Å². The van der Waals surface area contributed by atoms with Gasteiger partial charge >= 0.3 is 0 Å². The van der Waals surface area contributed by atoms with Gasteiger partial charge in [0, 0.05) is 36.7 Å². The third-order valence-corrected chi connectivity index (χ3v) is 6.50. The van der Waals surface area contributed by atoms with Gasteiger partial charge in [-0.2, -0.15) is 0 Å². The molecule has 0 spiro atoms. The smallest absolute Gasteiger partial charge is 0.269 e. The van der Waals surface area contributed by atoms with Crippen LogP contribution in [0.5, 0.6) is 0 Å². The number of allylic oxidation sites excluding steroid dienone is 1. The number of nitrogens with one attached hydrogen (secondary N) is 1. The highest BCUT2D eigenvalue weighted by Gasteiger charge is 2.41. The Morgan fingerprint density at radius 3 is 2.41 bits per heavy atom. The summed E-state index contributed by atoms with van der Waals surface area (Å²) >= 11 is 0. The number of ketones is 1. The predicted octanol–water partition coefficient (Wildman–Crippen LogP) is 5.52. The summed E-state index contributed by atoms with van der Waals surface area (Å²) in [6.07, 6.45) is 0.897. The van der Waals surface area contributed by atoms with E-state index in [0.717, 1.165) is 16.9 Å². The molecule has 0 unspecified atom stereocenters. The maximum Gasteiger partial charge on any atom is 0.269 e. The molecule has 2 atom stereocenters. The molecule has 1 aliphatic heterocycles. The Balaban J connectivity index is 1.72. The highest BCUT2D eigenvalue weighted by molar-refractivity contribution is 6.06. The quantitative estimate of drug-likeness (QED) is 0.417. The van der Waals surface area contributed by atoms with Crippen molar-refractivity contribution in [1.29, 1.82) is 0 Å². The molecule has 5 rings (SSSR count). The van der Waals surface area contributed by atoms with E-state index in [-0.39, 0.29) is 23.3 Å². The molecule has 34 heavy (non-hydrogen) atoms. The minimum atomic E-state index is -0.771. The fraction of sp³-hybridized carbons (Fsp3) is 0.185. The summed E-state index contributed by atoms with van der Waals surface area (Å²) in [5.41, 5.74) is 4.11. The summed E-state index contributed by atoms with van der Waals surface area (Å²) in [7, 11) is 0. The number of amides is 1. The molecule has 0 saturated heterocycles. The van der Waals surface area contributed by atoms with Crippen molar-refractivity contribution in [3.63, 3.8) is 0 Å². The second-order valence-corrected chi connectivity index (χ2v) is 8.62. The summed E-state index contributed by atoms with van der Waals surface area (Å²) in [5, 5.41) is 14.9. The number of rotatable bonds is 3. The number of nitro groups is 1. The van der Waals surface area contributed by atoms with Crippen LogP contribution in [-0.2, 0) is 9.59 Å². The highest BCUT2D eigenvalue weighted by Crippen LogP contribution is 2.47. The van der Waals surface area contributed by atoms with Crippen LogP contribution in [0.15, 0.2) is 90.1 Å². The van der Waals surface area contributed by atoms with Gasteiger partial charge in [-0.15, -0.1) is 0 Å². The molecule has 1 heterocycles. The predicted molar refractivity (Wildman–Crippen MR) is 130 cm³/mol. The minimum Gasteiger partial charge on any atom is -0.357 e. The van der Waals surface area contributed by atoms with Crippen LogP contribution < -0.4 is 10.2 Å². The molecule has 0 aromatic heterocycles. The Hall–Kier alpha value is -4.26. The van der Waals surface area contributed by atoms with E-state index in [1.807, 2.05) is 54.6 Å². The molecule has 7 nitrogen and oxygen atoms in total. The first-order valence-corrected chi connectivity index (χ1v) is 11.2. The van der Waals surface area contributed by atoms with E-state index in [1.165, 1.54) is 19.1 Å². The third kappa shape index (κ3) is 3.75. The maximum absolute atomic E-state index is 13.7. The molecule has 2 aliphatic rings. The number of carbonyl (C=O) groups excluding carboxylic acids is 2. The van der Waals surface area contributed by atoms with Gasteiger partial charge in [0.05, 0.1) is 22.3 Å². The molecular formula is C27H23N3O4. The summed E-state index contributed by atoms with van der Waals surface area (Å²) in [4.78, 5) is 39.3. The van der Waals surface area contributed by atoms with Gasteiger partial charge in [0.2, 0.25) is 5.91 Å². The van der Waals surface area contributed by atoms with Crippen LogP contribution in [0, 0.1) is 10.1 Å². The van der Waals surface area contributed by atoms with Crippen molar-refractivity contribution >= 4 is 28.8 Å². The molecule has 170 valence electrons. The monoisotopic (exact) mass is 453 g/mol. The van der Waals surface area contributed by atoms with E-state index in [1.54, 1.807) is 17.0 Å². The number of hydrogen-bond donors (Lipinski definition) is 1. The lowest BCUT2D eigenvalue weighted by molar-refractivity contribution is -0.384. The minimum absolute atomic E-state index is 0.00162. The average Bonchev–Trinajstić information content (AvgIpc) is 2.99. The zero-order valence-electron chi connectivity index (χ0n) is 18.6. The third-order valence-electron chi connectivity index (χ3n) is 6.50. The highest BCUT2D eigenvalue weighted by atomic mass is 16.6. The molecular weight excluding hydrogens is 430 g/mol. The Kier molecular flexibility index (Phi) is 5.45. The van der Waals surface area contributed by atoms with Gasteiger partial charge in [0.15, 0.2) is 5.78 Å². The van der Waals surface area contributed by atoms with Gasteiger partial charge < -0.3 is 5.32 Å². The lowest BCUT2D eigenvalue weighted by Crippen LogP contribution is -2.37. The fourth-order valence-electron chi connectivity index (χ4n) is 5.02. The SMILES string of the molecule is CC(=O)N1c2ccccc2NC2=C(C(=O)C[C@@H](c3ccccc3)C2)[C@H]1c1cccc([N+](=O)[O-])c1. The van der Waals surface area contributed by atoms with Gasteiger partial charge in [0.25, 0.3) is 5.69 Å². The number of Topliss-reactive ketones (excluding diaryl/α,β-unsaturated/α-hetero) is 1. The second-order valence-electron chi connectivity index (χ2n) is 8.62. The topological polar surface area (TPSA) is 92.6 Å². The summed E-state index contributed by atoms with van der Waals surface area (Å²) in [6.45, 7) is 1.45. The number of fused-ring (bicyclic) bond motifs is 1. The first-order valence-electron chi connectivity index (χ1n) is 11.2. The maximum atomic E-state index is 13.7. The van der Waals surface area contributed by atoms with E-state index < -0.39 is 11.0 Å². The van der Waals surface area contributed by atoms with Crippen LogP contribution in [0.4, 0.5) is 17.1 Å². The Morgan fingerprint density at radius 1 is 0.971 bits per heavy atom. The summed E-state index contributed by atoms with van der Waals surface area (Å²) in [5.74, 6) is -0.322. The van der Waals surface area contributed by atoms with Gasteiger partial charge in [0.1, 0.15) is 0 Å². The van der Waals surface area contributed by atoms with Crippen LogP contribution in [0.1, 0.15) is 42.9 Å². The molecule has 3 aromatic carbocycles. The van der Waals surface area contributed by atoms with E-state index in [4.69, 9.17) is 0 Å². The normalized spacial score (nSPS) is 19.6. The molecule has 0 fully saturated rings. The zero-order valence-corrected chi connectivity index (χ0v) is 18.6. The summed E-state index contributed by atoms with van der Waals surface area (Å²) < 4.78 is 0. The molecule has 1 N–H and O–H groups in total. The molecule has 0 saturated carbocycles. The number of anilines is 2. The number of non-ortho nitro benzene ring substituents is 1. The Bertz CT molecular complexity index is 1330. The van der Waals surface area contributed by atoms with Gasteiger partial charge in [-0.25, -0.2) is 0 Å². The zero-order chi connectivity index (χ0) is 23.8. The van der Waals surface area contributed by atoms with Crippen molar-refractivity contribution in [3.8, 4) is 0 Å². The van der Waals surface area contributed by atoms with E-state index in [9.17, 15) is 19.7 Å². The van der Waals surface area contributed by atoms with Gasteiger partial charge in [-0.1, -0.05) is 54.6 Å². The van der Waals surface area contributed by atoms with Crippen molar-refractivity contribution in [2.24, 2.45) is 0 Å². The Labute approximate surface area is 196 Å². The van der Waals surface area contributed by atoms with Crippen LogP contribution >= 0.6 is 0 Å². The van der Waals surface area contributed by atoms with Crippen LogP contribution in [0.2, 0.25) is 0 Å². The Morgan fingerprint density at radius 2 is 1.68 bits per heavy atom. The van der Waals surface area contributed by atoms with E-state index >= 15 is 0 Å². The molecule has 1 aliphatic carbocycles. The van der Waals surface area contributed by atoms with Crippen molar-refractivity contribution < 1.29 is 14.5 Å². The van der Waals surface area contributed by atoms with Gasteiger partial charge in [-0.05, 0) is 35.6 Å². The molecule has 0 radical (unpaired) electrons. The molecule has 3 aromatic rings. The molecule has 1 amide bonds. The summed E-state index contributed by atoms with van der Waals surface area (Å²) in [6, 6.07) is 22.7. The van der Waals surface area contributed by atoms with Crippen molar-refractivity contribution in [1.82, 2.24) is 0 Å². The van der Waals surface area contributed by atoms with Crippen molar-refractivity contribution in [2.45, 2.75) is 31.7 Å². The van der Waals surface area contributed by atoms with E-state index in [0.29, 0.717) is 29.7 Å². The van der Waals surface area contributed by atoms with Crippen LogP contribution in [0.25, 0.3) is 0 Å². The lowest BCUT2D eigenvalue weighted by Gasteiger charge is -2.34. The number of nitro benzene ring substituents is 1. The van der Waals surface area contributed by atoms with Crippen LogP contribution in [-0.4, -0.2) is 16.6 Å². The number of benzene rings is 3. The van der Waals surface area contributed by atoms with Crippen molar-refractivity contribution in [2.75, 3.05) is 10.2 Å². The number of hydrogen-bond acceptors (Lipinski definition) is 5. The lowest BCUT2D eigenvalue weighted by atomic mass is 9.78. The average molecular weight is 453 g/mol. The number of carbonyl (C=O) groups is 2. The molecule has 0 bridgehead atoms. The molecule has 7 heteroatoms.